The fourth-order valence-electron chi connectivity index (χ4n) is 1.87. The molecule has 0 saturated heterocycles. The second kappa shape index (κ2) is 6.78. The number of halogens is 3. The topological polar surface area (TPSA) is 55.1 Å². The summed E-state index contributed by atoms with van der Waals surface area (Å²) in [5.41, 5.74) is 6.17. The number of nitrogens with one attached hydrogen (secondary N) is 1. The summed E-state index contributed by atoms with van der Waals surface area (Å²) in [5, 5.41) is 2.94. The maximum atomic E-state index is 13.6. The van der Waals surface area contributed by atoms with E-state index in [4.69, 9.17) is 5.73 Å². The van der Waals surface area contributed by atoms with Crippen molar-refractivity contribution in [2.45, 2.75) is 13.1 Å². The molecule has 1 amide bonds. The first kappa shape index (κ1) is 15.6. The van der Waals surface area contributed by atoms with Crippen LogP contribution in [0.25, 0.3) is 0 Å². The number of benzene rings is 2. The normalized spacial score (nSPS) is 10.6. The van der Waals surface area contributed by atoms with E-state index in [-0.39, 0.29) is 24.5 Å². The second-order valence-electron chi connectivity index (χ2n) is 4.51. The molecule has 21 heavy (non-hydrogen) atoms. The van der Waals surface area contributed by atoms with Crippen LogP contribution in [0.2, 0.25) is 0 Å². The minimum absolute atomic E-state index is 0.166. The molecule has 0 heterocycles. The monoisotopic (exact) mass is 354 g/mol. The number of rotatable bonds is 5. The van der Waals surface area contributed by atoms with Crippen molar-refractivity contribution in [3.05, 3.63) is 69.2 Å². The van der Waals surface area contributed by atoms with Crippen molar-refractivity contribution in [2.75, 3.05) is 0 Å². The van der Waals surface area contributed by atoms with E-state index < -0.39 is 11.7 Å². The minimum Gasteiger partial charge on any atom is -0.366 e. The summed E-state index contributed by atoms with van der Waals surface area (Å²) in [6.45, 7) is 0.407. The summed E-state index contributed by atoms with van der Waals surface area (Å²) < 4.78 is 27.9. The Morgan fingerprint density at radius 2 is 1.62 bits per heavy atom. The molecule has 0 bridgehead atoms. The Hall–Kier alpha value is -1.79. The van der Waals surface area contributed by atoms with Crippen LogP contribution in [0.15, 0.2) is 40.9 Å². The molecule has 3 N–H and O–H groups in total. The average molecular weight is 355 g/mol. The number of nitrogens with two attached hydrogens (primary N) is 1. The maximum Gasteiger partial charge on any atom is 0.248 e. The van der Waals surface area contributed by atoms with Crippen molar-refractivity contribution in [3.8, 4) is 0 Å². The molecule has 0 aliphatic carbocycles. The van der Waals surface area contributed by atoms with Crippen LogP contribution in [0, 0.1) is 11.6 Å². The largest absolute Gasteiger partial charge is 0.366 e. The van der Waals surface area contributed by atoms with E-state index in [9.17, 15) is 13.6 Å². The van der Waals surface area contributed by atoms with Gasteiger partial charge in [-0.05, 0) is 36.4 Å². The third-order valence-electron chi connectivity index (χ3n) is 2.97. The number of primary amides is 1. The highest BCUT2D eigenvalue weighted by Gasteiger charge is 2.08. The zero-order valence-electron chi connectivity index (χ0n) is 11.0. The van der Waals surface area contributed by atoms with Crippen molar-refractivity contribution >= 4 is 21.8 Å². The number of amides is 1. The van der Waals surface area contributed by atoms with Gasteiger partial charge in [0.2, 0.25) is 5.91 Å². The summed E-state index contributed by atoms with van der Waals surface area (Å²) in [4.78, 5) is 11.1. The molecule has 2 rings (SSSR count). The van der Waals surface area contributed by atoms with Crippen molar-refractivity contribution in [1.82, 2.24) is 5.32 Å². The van der Waals surface area contributed by atoms with E-state index in [1.54, 1.807) is 12.1 Å². The van der Waals surface area contributed by atoms with Gasteiger partial charge in [-0.25, -0.2) is 8.78 Å². The van der Waals surface area contributed by atoms with E-state index in [1.807, 2.05) is 0 Å². The van der Waals surface area contributed by atoms with Gasteiger partial charge in [-0.2, -0.15) is 0 Å². The Labute approximate surface area is 129 Å². The Morgan fingerprint density at radius 3 is 2.24 bits per heavy atom. The summed E-state index contributed by atoms with van der Waals surface area (Å²) in [7, 11) is 0. The Bertz CT molecular complexity index is 677. The van der Waals surface area contributed by atoms with Crippen LogP contribution in [0.1, 0.15) is 21.5 Å². The van der Waals surface area contributed by atoms with Gasteiger partial charge in [-0.15, -0.1) is 0 Å². The number of carbonyl (C=O) groups excluding carboxylic acids is 1. The molecule has 3 nitrogen and oxygen atoms in total. The lowest BCUT2D eigenvalue weighted by molar-refractivity contribution is 0.1000. The number of carbonyl (C=O) groups is 1. The van der Waals surface area contributed by atoms with E-state index in [2.05, 4.69) is 21.2 Å². The molecule has 0 atom stereocenters. The quantitative estimate of drug-likeness (QED) is 0.866. The molecule has 0 fully saturated rings. The lowest BCUT2D eigenvalue weighted by Crippen LogP contribution is -2.16. The predicted octanol–water partition coefficient (Wildman–Crippen LogP) is 3.12. The molecular formula is C15H13BrF2N2O. The Kier molecular flexibility index (Phi) is 5.03. The molecule has 0 unspecified atom stereocenters. The second-order valence-corrected chi connectivity index (χ2v) is 5.43. The smallest absolute Gasteiger partial charge is 0.248 e. The Balaban J connectivity index is 2.05. The molecule has 0 aliphatic heterocycles. The van der Waals surface area contributed by atoms with E-state index in [0.717, 1.165) is 4.47 Å². The van der Waals surface area contributed by atoms with Crippen molar-refractivity contribution < 1.29 is 13.6 Å². The van der Waals surface area contributed by atoms with E-state index in [0.29, 0.717) is 11.1 Å². The molecule has 110 valence electrons. The first-order valence-electron chi connectivity index (χ1n) is 6.20. The molecular weight excluding hydrogens is 342 g/mol. The molecule has 2 aromatic rings. The van der Waals surface area contributed by atoms with Crippen LogP contribution < -0.4 is 11.1 Å². The number of hydrogen-bond donors (Lipinski definition) is 2. The summed E-state index contributed by atoms with van der Waals surface area (Å²) in [6, 6.07) is 8.52. The molecule has 6 heteroatoms. The van der Waals surface area contributed by atoms with Gasteiger partial charge in [0, 0.05) is 34.3 Å². The lowest BCUT2D eigenvalue weighted by Gasteiger charge is -2.08. The van der Waals surface area contributed by atoms with Gasteiger partial charge < -0.3 is 11.1 Å². The summed E-state index contributed by atoms with van der Waals surface area (Å²) in [6.07, 6.45) is 0. The first-order chi connectivity index (χ1) is 9.97. The predicted molar refractivity (Wildman–Crippen MR) is 79.6 cm³/mol. The third kappa shape index (κ3) is 4.09. The first-order valence-corrected chi connectivity index (χ1v) is 6.99. The molecule has 0 aliphatic rings. The van der Waals surface area contributed by atoms with Gasteiger partial charge in [-0.1, -0.05) is 15.9 Å². The van der Waals surface area contributed by atoms with Crippen molar-refractivity contribution in [2.24, 2.45) is 5.73 Å². The van der Waals surface area contributed by atoms with Crippen LogP contribution in [-0.2, 0) is 13.1 Å². The van der Waals surface area contributed by atoms with Crippen LogP contribution in [0.3, 0.4) is 0 Å². The van der Waals surface area contributed by atoms with Crippen LogP contribution in [0.5, 0.6) is 0 Å². The van der Waals surface area contributed by atoms with Crippen molar-refractivity contribution in [1.29, 1.82) is 0 Å². The number of hydrogen-bond acceptors (Lipinski definition) is 2. The highest BCUT2D eigenvalue weighted by Crippen LogP contribution is 2.16. The van der Waals surface area contributed by atoms with Crippen LogP contribution in [-0.4, -0.2) is 5.91 Å². The van der Waals surface area contributed by atoms with Crippen molar-refractivity contribution in [3.63, 3.8) is 0 Å². The molecule has 0 radical (unpaired) electrons. The maximum absolute atomic E-state index is 13.6. The average Bonchev–Trinajstić information content (AvgIpc) is 2.44. The summed E-state index contributed by atoms with van der Waals surface area (Å²) in [5.74, 6) is -1.39. The van der Waals surface area contributed by atoms with E-state index in [1.165, 1.54) is 24.3 Å². The van der Waals surface area contributed by atoms with Crippen LogP contribution in [0.4, 0.5) is 8.78 Å². The van der Waals surface area contributed by atoms with Gasteiger partial charge in [0.05, 0.1) is 0 Å². The lowest BCUT2D eigenvalue weighted by atomic mass is 10.1. The minimum atomic E-state index is -0.616. The molecule has 0 saturated carbocycles. The molecule has 0 spiro atoms. The zero-order valence-corrected chi connectivity index (χ0v) is 12.6. The van der Waals surface area contributed by atoms with Gasteiger partial charge >= 0.3 is 0 Å². The fraction of sp³-hybridized carbons (Fsp3) is 0.133. The summed E-state index contributed by atoms with van der Waals surface area (Å²) >= 11 is 3.26. The molecule has 0 aromatic heterocycles. The zero-order chi connectivity index (χ0) is 15.4. The standard InChI is InChI=1S/C15H13BrF2N2O/c16-12-2-4-14(18)11(6-12)8-20-7-10-5-9(15(19)21)1-3-13(10)17/h1-6,20H,7-8H2,(H2,19,21). The van der Waals surface area contributed by atoms with Gasteiger partial charge in [0.25, 0.3) is 0 Å². The Morgan fingerprint density at radius 1 is 1.05 bits per heavy atom. The fourth-order valence-corrected chi connectivity index (χ4v) is 2.28. The van der Waals surface area contributed by atoms with Gasteiger partial charge in [-0.3, -0.25) is 4.79 Å². The highest BCUT2D eigenvalue weighted by atomic mass is 79.9. The van der Waals surface area contributed by atoms with Crippen LogP contribution >= 0.6 is 15.9 Å². The van der Waals surface area contributed by atoms with E-state index >= 15 is 0 Å². The highest BCUT2D eigenvalue weighted by molar-refractivity contribution is 9.10. The third-order valence-corrected chi connectivity index (χ3v) is 3.46. The SMILES string of the molecule is NC(=O)c1ccc(F)c(CNCc2cc(Br)ccc2F)c1. The van der Waals surface area contributed by atoms with Gasteiger partial charge in [0.1, 0.15) is 11.6 Å². The van der Waals surface area contributed by atoms with Gasteiger partial charge in [0.15, 0.2) is 0 Å². The molecule has 2 aromatic carbocycles.